The number of ether oxygens (including phenoxy) is 2. The van der Waals surface area contributed by atoms with Crippen LogP contribution in [0.15, 0.2) is 30.3 Å². The van der Waals surface area contributed by atoms with Crippen molar-refractivity contribution in [3.63, 3.8) is 0 Å². The smallest absolute Gasteiger partial charge is 0.496 e. The molecule has 1 rings (SSSR count). The van der Waals surface area contributed by atoms with Crippen LogP contribution in [0.2, 0.25) is 0 Å². The Hall–Kier alpha value is -1.82. The summed E-state index contributed by atoms with van der Waals surface area (Å²) in [4.78, 5) is 11.7. The van der Waals surface area contributed by atoms with Gasteiger partial charge in [0, 0.05) is 0 Å². The number of hydrogen-bond acceptors (Lipinski definition) is 7. The van der Waals surface area contributed by atoms with E-state index in [9.17, 15) is 9.36 Å². The molecule has 0 aliphatic carbocycles. The van der Waals surface area contributed by atoms with Crippen LogP contribution in [0.25, 0.3) is 5.76 Å². The highest BCUT2D eigenvalue weighted by Crippen LogP contribution is 2.53. The summed E-state index contributed by atoms with van der Waals surface area (Å²) in [7, 11) is -2.32. The third-order valence-electron chi connectivity index (χ3n) is 2.92. The van der Waals surface area contributed by atoms with Gasteiger partial charge in [0.05, 0.1) is 38.9 Å². The fraction of sp³-hybridized carbons (Fsp3) is 0.471. The lowest BCUT2D eigenvalue weighted by Gasteiger charge is -2.20. The Morgan fingerprint density at radius 1 is 1.08 bits per heavy atom. The Balaban J connectivity index is 3.20. The molecule has 0 saturated carbocycles. The topological polar surface area (TPSA) is 80.3 Å². The lowest BCUT2D eigenvalue weighted by atomic mass is 10.1. The number of rotatable bonds is 11. The number of carbonyl (C=O) groups is 1. The molecule has 0 amide bonds. The van der Waals surface area contributed by atoms with E-state index < -0.39 is 13.8 Å². The van der Waals surface area contributed by atoms with Gasteiger partial charge in [-0.1, -0.05) is 12.1 Å². The molecule has 0 radical (unpaired) electrons. The third kappa shape index (κ3) is 6.90. The van der Waals surface area contributed by atoms with Crippen LogP contribution in [-0.4, -0.2) is 32.9 Å². The van der Waals surface area contributed by atoms with Crippen LogP contribution in [0.5, 0.6) is 5.75 Å². The first kappa shape index (κ1) is 21.2. The third-order valence-corrected chi connectivity index (χ3v) is 4.49. The molecule has 140 valence electrons. The van der Waals surface area contributed by atoms with Gasteiger partial charge in [0.1, 0.15) is 11.5 Å². The summed E-state index contributed by atoms with van der Waals surface area (Å²) in [6.45, 7) is 5.65. The molecule has 25 heavy (non-hydrogen) atoms. The molecule has 0 aromatic heterocycles. The first-order valence-electron chi connectivity index (χ1n) is 8.07. The summed E-state index contributed by atoms with van der Waals surface area (Å²) in [5.41, 5.74) is 0.522. The van der Waals surface area contributed by atoms with E-state index in [0.29, 0.717) is 11.3 Å². The van der Waals surface area contributed by atoms with E-state index in [1.54, 1.807) is 45.0 Å². The second-order valence-electron chi connectivity index (χ2n) is 4.65. The van der Waals surface area contributed by atoms with E-state index in [4.69, 9.17) is 23.0 Å². The Morgan fingerprint density at radius 2 is 1.72 bits per heavy atom. The van der Waals surface area contributed by atoms with Crippen molar-refractivity contribution in [2.45, 2.75) is 27.2 Å². The Morgan fingerprint density at radius 3 is 2.28 bits per heavy atom. The number of esters is 1. The van der Waals surface area contributed by atoms with Crippen LogP contribution < -0.4 is 4.74 Å². The molecule has 0 unspecified atom stereocenters. The van der Waals surface area contributed by atoms with Crippen LogP contribution in [0, 0.1) is 0 Å². The summed E-state index contributed by atoms with van der Waals surface area (Å²) in [5, 5.41) is 0. The average Bonchev–Trinajstić information content (AvgIpc) is 2.59. The van der Waals surface area contributed by atoms with Gasteiger partial charge in [-0.2, -0.15) is 0 Å². The van der Waals surface area contributed by atoms with Gasteiger partial charge in [0.25, 0.3) is 0 Å². The van der Waals surface area contributed by atoms with Gasteiger partial charge in [0.15, 0.2) is 0 Å². The maximum atomic E-state index is 12.7. The molecule has 0 fully saturated rings. The highest BCUT2D eigenvalue weighted by molar-refractivity contribution is 7.48. The Labute approximate surface area is 148 Å². The van der Waals surface area contributed by atoms with Crippen LogP contribution >= 0.6 is 7.82 Å². The van der Waals surface area contributed by atoms with E-state index in [1.807, 2.05) is 0 Å². The van der Waals surface area contributed by atoms with Crippen molar-refractivity contribution in [3.8, 4) is 5.75 Å². The number of carbonyl (C=O) groups excluding carboxylic acids is 1. The van der Waals surface area contributed by atoms with Crippen LogP contribution in [0.3, 0.4) is 0 Å². The van der Waals surface area contributed by atoms with Crippen molar-refractivity contribution < 1.29 is 32.4 Å². The predicted molar refractivity (Wildman–Crippen MR) is 94.2 cm³/mol. The molecular weight excluding hydrogens is 347 g/mol. The molecule has 0 aliphatic rings. The van der Waals surface area contributed by atoms with Crippen molar-refractivity contribution in [1.82, 2.24) is 0 Å². The minimum Gasteiger partial charge on any atom is -0.496 e. The zero-order valence-electron chi connectivity index (χ0n) is 15.0. The fourth-order valence-electron chi connectivity index (χ4n) is 1.97. The lowest BCUT2D eigenvalue weighted by molar-refractivity contribution is -0.142. The van der Waals surface area contributed by atoms with Gasteiger partial charge in [-0.3, -0.25) is 13.8 Å². The molecule has 1 aromatic rings. The summed E-state index contributed by atoms with van der Waals surface area (Å²) >= 11 is 0. The zero-order chi connectivity index (χ0) is 18.7. The van der Waals surface area contributed by atoms with Gasteiger partial charge in [-0.05, 0) is 39.0 Å². The van der Waals surface area contributed by atoms with Gasteiger partial charge in [-0.25, -0.2) is 4.57 Å². The molecule has 1 aromatic carbocycles. The average molecular weight is 372 g/mol. The first-order valence-corrected chi connectivity index (χ1v) is 9.53. The summed E-state index contributed by atoms with van der Waals surface area (Å²) < 4.78 is 38.8. The number of phosphoric acid groups is 1. The molecular formula is C17H25O7P. The molecule has 0 bridgehead atoms. The molecule has 0 spiro atoms. The quantitative estimate of drug-likeness (QED) is 0.327. The lowest BCUT2D eigenvalue weighted by Crippen LogP contribution is -2.04. The number of hydrogen-bond donors (Lipinski definition) is 0. The van der Waals surface area contributed by atoms with E-state index in [0.717, 1.165) is 0 Å². The monoisotopic (exact) mass is 372 g/mol. The van der Waals surface area contributed by atoms with Crippen molar-refractivity contribution >= 4 is 19.6 Å². The molecule has 0 atom stereocenters. The highest BCUT2D eigenvalue weighted by Gasteiger charge is 2.29. The van der Waals surface area contributed by atoms with Crippen LogP contribution in [-0.2, 0) is 27.7 Å². The minimum absolute atomic E-state index is 0.0561. The first-order chi connectivity index (χ1) is 12.0. The number of para-hydroxylation sites is 1. The molecule has 7 nitrogen and oxygen atoms in total. The maximum absolute atomic E-state index is 12.7. The molecule has 8 heteroatoms. The second kappa shape index (κ2) is 10.9. The van der Waals surface area contributed by atoms with Gasteiger partial charge in [-0.15, -0.1) is 0 Å². The van der Waals surface area contributed by atoms with Crippen molar-refractivity contribution in [2.75, 3.05) is 26.9 Å². The SMILES string of the molecule is CCOC(=O)C/C=C(\OP(=O)(OCC)OCC)c1ccccc1OC. The summed E-state index contributed by atoms with van der Waals surface area (Å²) in [6, 6.07) is 7.00. The number of methoxy groups -OCH3 is 1. The Kier molecular flexibility index (Phi) is 9.27. The van der Waals surface area contributed by atoms with Crippen molar-refractivity contribution in [1.29, 1.82) is 0 Å². The number of phosphoric ester groups is 1. The molecule has 0 aliphatic heterocycles. The van der Waals surface area contributed by atoms with E-state index in [-0.39, 0.29) is 32.0 Å². The van der Waals surface area contributed by atoms with Gasteiger partial charge < -0.3 is 14.0 Å². The zero-order valence-corrected chi connectivity index (χ0v) is 15.9. The largest absolute Gasteiger partial charge is 0.530 e. The van der Waals surface area contributed by atoms with Crippen LogP contribution in [0.1, 0.15) is 32.8 Å². The molecule has 0 heterocycles. The minimum atomic E-state index is -3.82. The van der Waals surface area contributed by atoms with Crippen molar-refractivity contribution in [3.05, 3.63) is 35.9 Å². The number of benzene rings is 1. The van der Waals surface area contributed by atoms with Gasteiger partial charge >= 0.3 is 13.8 Å². The van der Waals surface area contributed by atoms with E-state index >= 15 is 0 Å². The molecule has 0 N–H and O–H groups in total. The van der Waals surface area contributed by atoms with Crippen molar-refractivity contribution in [2.24, 2.45) is 0 Å². The van der Waals surface area contributed by atoms with E-state index in [1.165, 1.54) is 13.2 Å². The predicted octanol–water partition coefficient (Wildman–Crippen LogP) is 4.19. The maximum Gasteiger partial charge on any atom is 0.530 e. The van der Waals surface area contributed by atoms with E-state index in [2.05, 4.69) is 0 Å². The Bertz CT molecular complexity index is 617. The fourth-order valence-corrected chi connectivity index (χ4v) is 3.19. The summed E-state index contributed by atoms with van der Waals surface area (Å²) in [6.07, 6.45) is 1.42. The standard InChI is InChI=1S/C17H25O7P/c1-5-21-17(18)13-12-16(14-10-8-9-11-15(14)20-4)24-25(19,22-6-2)23-7-3/h8-12H,5-7,13H2,1-4H3/b16-12-. The van der Waals surface area contributed by atoms with Crippen LogP contribution in [0.4, 0.5) is 0 Å². The normalized spacial score (nSPS) is 11.9. The highest BCUT2D eigenvalue weighted by atomic mass is 31.2. The summed E-state index contributed by atoms with van der Waals surface area (Å²) in [5.74, 6) is 0.231. The van der Waals surface area contributed by atoms with Gasteiger partial charge in [0.2, 0.25) is 0 Å². The molecule has 0 saturated heterocycles. The second-order valence-corrected chi connectivity index (χ2v) is 6.25.